The van der Waals surface area contributed by atoms with Crippen molar-refractivity contribution in [3.63, 3.8) is 0 Å². The zero-order valence-corrected chi connectivity index (χ0v) is 15.3. The molecule has 0 bridgehead atoms. The van der Waals surface area contributed by atoms with Gasteiger partial charge in [0.15, 0.2) is 0 Å². The molecule has 1 aliphatic rings. The van der Waals surface area contributed by atoms with Crippen molar-refractivity contribution in [2.24, 2.45) is 0 Å². The number of hydrogen-bond acceptors (Lipinski definition) is 5. The van der Waals surface area contributed by atoms with Gasteiger partial charge in [0, 0.05) is 0 Å². The maximum atomic E-state index is 12.1. The Morgan fingerprint density at radius 3 is 2.11 bits per heavy atom. The summed E-state index contributed by atoms with van der Waals surface area (Å²) in [5.41, 5.74) is 1.71. The molecule has 1 heterocycles. The van der Waals surface area contributed by atoms with Crippen LogP contribution in [-0.2, 0) is 9.63 Å². The Morgan fingerprint density at radius 1 is 0.963 bits per heavy atom. The molecular formula is C21H21NO5. The van der Waals surface area contributed by atoms with Crippen LogP contribution in [0.1, 0.15) is 58.9 Å². The highest BCUT2D eigenvalue weighted by molar-refractivity contribution is 6.20. The summed E-state index contributed by atoms with van der Waals surface area (Å²) in [4.78, 5) is 41.2. The standard InChI is InChI=1S/C21H21NO5/c1-14(2)15-9-11-16(12-10-15)26-13-5-8-19(23)27-22-20(24)17-6-3-4-7-18(17)21(22)25/h3-4,6-7,9-12,14H,5,8,13H2,1-2H3. The van der Waals surface area contributed by atoms with Gasteiger partial charge in [0.1, 0.15) is 5.75 Å². The smallest absolute Gasteiger partial charge is 0.333 e. The van der Waals surface area contributed by atoms with Crippen LogP contribution in [0.25, 0.3) is 0 Å². The normalized spacial score (nSPS) is 13.1. The zero-order valence-electron chi connectivity index (χ0n) is 15.3. The Balaban J connectivity index is 1.44. The van der Waals surface area contributed by atoms with E-state index in [2.05, 4.69) is 13.8 Å². The monoisotopic (exact) mass is 367 g/mol. The fourth-order valence-electron chi connectivity index (χ4n) is 2.75. The van der Waals surface area contributed by atoms with E-state index >= 15 is 0 Å². The molecule has 1 aliphatic heterocycles. The molecule has 2 aromatic carbocycles. The lowest BCUT2D eigenvalue weighted by Gasteiger charge is -2.13. The average molecular weight is 367 g/mol. The quantitative estimate of drug-likeness (QED) is 0.551. The first-order chi connectivity index (χ1) is 13.0. The van der Waals surface area contributed by atoms with Gasteiger partial charge >= 0.3 is 5.97 Å². The maximum absolute atomic E-state index is 12.1. The summed E-state index contributed by atoms with van der Waals surface area (Å²) in [7, 11) is 0. The second kappa shape index (κ2) is 8.03. The topological polar surface area (TPSA) is 72.9 Å². The number of rotatable bonds is 7. The molecule has 6 nitrogen and oxygen atoms in total. The third-order valence-corrected chi connectivity index (χ3v) is 4.29. The number of carbonyl (C=O) groups is 3. The lowest BCUT2D eigenvalue weighted by atomic mass is 10.0. The molecule has 0 saturated heterocycles. The Morgan fingerprint density at radius 2 is 1.56 bits per heavy atom. The molecule has 0 spiro atoms. The van der Waals surface area contributed by atoms with Crippen LogP contribution in [0.3, 0.4) is 0 Å². The molecule has 2 amide bonds. The molecule has 0 aromatic heterocycles. The fourth-order valence-corrected chi connectivity index (χ4v) is 2.75. The van der Waals surface area contributed by atoms with Gasteiger partial charge < -0.3 is 9.57 Å². The van der Waals surface area contributed by atoms with Gasteiger partial charge in [-0.15, -0.1) is 0 Å². The Bertz CT molecular complexity index is 822. The lowest BCUT2D eigenvalue weighted by Crippen LogP contribution is -2.32. The largest absolute Gasteiger partial charge is 0.494 e. The lowest BCUT2D eigenvalue weighted by molar-refractivity contribution is -0.168. The van der Waals surface area contributed by atoms with Crippen LogP contribution in [0, 0.1) is 0 Å². The third-order valence-electron chi connectivity index (χ3n) is 4.29. The van der Waals surface area contributed by atoms with Crippen molar-refractivity contribution in [2.45, 2.75) is 32.6 Å². The van der Waals surface area contributed by atoms with Gasteiger partial charge in [0.25, 0.3) is 11.8 Å². The summed E-state index contributed by atoms with van der Waals surface area (Å²) >= 11 is 0. The average Bonchev–Trinajstić information content (AvgIpc) is 2.91. The first-order valence-electron chi connectivity index (χ1n) is 8.88. The number of hydrogen-bond donors (Lipinski definition) is 0. The molecule has 0 aliphatic carbocycles. The summed E-state index contributed by atoms with van der Waals surface area (Å²) in [5, 5.41) is 0.526. The molecule has 0 N–H and O–H groups in total. The Hall–Kier alpha value is -3.15. The van der Waals surface area contributed by atoms with Crippen molar-refractivity contribution in [3.05, 3.63) is 65.2 Å². The molecular weight excluding hydrogens is 346 g/mol. The number of carbonyl (C=O) groups excluding carboxylic acids is 3. The summed E-state index contributed by atoms with van der Waals surface area (Å²) in [5.74, 6) is -0.705. The van der Waals surface area contributed by atoms with E-state index in [1.165, 1.54) is 17.7 Å². The summed E-state index contributed by atoms with van der Waals surface area (Å²) < 4.78 is 5.60. The van der Waals surface area contributed by atoms with E-state index < -0.39 is 17.8 Å². The van der Waals surface area contributed by atoms with E-state index in [0.29, 0.717) is 24.0 Å². The van der Waals surface area contributed by atoms with Gasteiger partial charge in [0.05, 0.1) is 24.2 Å². The molecule has 27 heavy (non-hydrogen) atoms. The molecule has 6 heteroatoms. The number of benzene rings is 2. The molecule has 0 saturated carbocycles. The van der Waals surface area contributed by atoms with Crippen LogP contribution in [0.2, 0.25) is 0 Å². The highest BCUT2D eigenvalue weighted by Crippen LogP contribution is 2.23. The zero-order chi connectivity index (χ0) is 19.4. The minimum Gasteiger partial charge on any atom is -0.494 e. The van der Waals surface area contributed by atoms with Gasteiger partial charge in [-0.2, -0.15) is 0 Å². The van der Waals surface area contributed by atoms with E-state index in [4.69, 9.17) is 9.57 Å². The summed E-state index contributed by atoms with van der Waals surface area (Å²) in [6.45, 7) is 4.57. The predicted molar refractivity (Wildman–Crippen MR) is 98.3 cm³/mol. The number of amides is 2. The first-order valence-corrected chi connectivity index (χ1v) is 8.88. The Labute approximate surface area is 157 Å². The molecule has 140 valence electrons. The molecule has 0 atom stereocenters. The molecule has 0 unspecified atom stereocenters. The first kappa shape index (κ1) is 18.6. The Kier molecular flexibility index (Phi) is 5.54. The van der Waals surface area contributed by atoms with Crippen molar-refractivity contribution in [3.8, 4) is 5.75 Å². The molecule has 0 fully saturated rings. The van der Waals surface area contributed by atoms with E-state index in [1.54, 1.807) is 12.1 Å². The SMILES string of the molecule is CC(C)c1ccc(OCCCC(=O)ON2C(=O)c3ccccc3C2=O)cc1. The van der Waals surface area contributed by atoms with Gasteiger partial charge in [-0.25, -0.2) is 4.79 Å². The van der Waals surface area contributed by atoms with Crippen molar-refractivity contribution in [1.82, 2.24) is 5.06 Å². The van der Waals surface area contributed by atoms with E-state index in [0.717, 1.165) is 5.75 Å². The number of fused-ring (bicyclic) bond motifs is 1. The van der Waals surface area contributed by atoms with Gasteiger partial charge in [0.2, 0.25) is 0 Å². The molecule has 3 rings (SSSR count). The second-order valence-corrected chi connectivity index (χ2v) is 6.59. The summed E-state index contributed by atoms with van der Waals surface area (Å²) in [6.07, 6.45) is 0.450. The minimum absolute atomic E-state index is 0.0392. The van der Waals surface area contributed by atoms with Crippen molar-refractivity contribution >= 4 is 17.8 Å². The third kappa shape index (κ3) is 4.16. The van der Waals surface area contributed by atoms with Crippen LogP contribution in [-0.4, -0.2) is 29.5 Å². The molecule has 0 radical (unpaired) electrons. The molecule has 2 aromatic rings. The van der Waals surface area contributed by atoms with Gasteiger partial charge in [-0.05, 0) is 42.2 Å². The van der Waals surface area contributed by atoms with Crippen molar-refractivity contribution in [2.75, 3.05) is 6.61 Å². The highest BCUT2D eigenvalue weighted by atomic mass is 16.7. The van der Waals surface area contributed by atoms with Crippen molar-refractivity contribution in [1.29, 1.82) is 0 Å². The van der Waals surface area contributed by atoms with Crippen LogP contribution in [0.5, 0.6) is 5.75 Å². The minimum atomic E-state index is -0.650. The number of hydroxylamine groups is 2. The number of ether oxygens (including phenoxy) is 1. The van der Waals surface area contributed by atoms with Crippen LogP contribution < -0.4 is 4.74 Å². The van der Waals surface area contributed by atoms with Gasteiger partial charge in [-0.3, -0.25) is 9.59 Å². The van der Waals surface area contributed by atoms with E-state index in [-0.39, 0.29) is 17.5 Å². The van der Waals surface area contributed by atoms with Crippen LogP contribution >= 0.6 is 0 Å². The fraction of sp³-hybridized carbons (Fsp3) is 0.286. The maximum Gasteiger partial charge on any atom is 0.333 e. The summed E-state index contributed by atoms with van der Waals surface area (Å²) in [6, 6.07) is 14.2. The highest BCUT2D eigenvalue weighted by Gasteiger charge is 2.38. The van der Waals surface area contributed by atoms with Gasteiger partial charge in [-0.1, -0.05) is 43.2 Å². The van der Waals surface area contributed by atoms with E-state index in [9.17, 15) is 14.4 Å². The van der Waals surface area contributed by atoms with Crippen LogP contribution in [0.4, 0.5) is 0 Å². The van der Waals surface area contributed by atoms with Crippen molar-refractivity contribution < 1.29 is 24.0 Å². The van der Waals surface area contributed by atoms with E-state index in [1.807, 2.05) is 24.3 Å². The number of imide groups is 1. The predicted octanol–water partition coefficient (Wildman–Crippen LogP) is 3.72. The number of nitrogens with zero attached hydrogens (tertiary/aromatic N) is 1. The second-order valence-electron chi connectivity index (χ2n) is 6.59. The van der Waals surface area contributed by atoms with Crippen LogP contribution in [0.15, 0.2) is 48.5 Å².